The minimum absolute atomic E-state index is 0.321. The predicted molar refractivity (Wildman–Crippen MR) is 48.2 cm³/mol. The van der Waals surface area contributed by atoms with Crippen molar-refractivity contribution >= 4 is 5.78 Å². The van der Waals surface area contributed by atoms with Crippen molar-refractivity contribution in [3.8, 4) is 11.5 Å². The third-order valence-electron chi connectivity index (χ3n) is 1.67. The first-order chi connectivity index (χ1) is 6.19. The van der Waals surface area contributed by atoms with Gasteiger partial charge in [-0.2, -0.15) is 0 Å². The third kappa shape index (κ3) is 1.99. The molecule has 0 bridgehead atoms. The Hall–Kier alpha value is -1.51. The van der Waals surface area contributed by atoms with E-state index in [9.17, 15) is 4.79 Å². The van der Waals surface area contributed by atoms with E-state index in [-0.39, 0.29) is 0 Å². The number of Topliss-reactive ketones (excluding diaryl/α,β-unsaturated/α-hetero) is 1. The summed E-state index contributed by atoms with van der Waals surface area (Å²) in [4.78, 5) is 10.9. The number of methoxy groups -OCH3 is 2. The molecule has 0 heterocycles. The zero-order chi connectivity index (χ0) is 9.84. The zero-order valence-corrected chi connectivity index (χ0v) is 7.53. The van der Waals surface area contributed by atoms with E-state index in [0.717, 1.165) is 0 Å². The molecule has 3 nitrogen and oxygen atoms in total. The highest BCUT2D eigenvalue weighted by Gasteiger charge is 2.08. The standard InChI is InChI=1S/C10H10O3/c1-7(11)9-6-8(12-2)4-5-10(9)13-3/h1,4-6H,2-3H3. The molecular formula is C10H10O3. The smallest absolute Gasteiger partial charge is 0.171 e. The highest BCUT2D eigenvalue weighted by Crippen LogP contribution is 2.23. The molecule has 0 saturated carbocycles. The molecule has 1 rings (SSSR count). The van der Waals surface area contributed by atoms with Crippen LogP contribution in [0.15, 0.2) is 18.2 Å². The molecule has 13 heavy (non-hydrogen) atoms. The molecule has 0 unspecified atom stereocenters. The van der Waals surface area contributed by atoms with Crippen molar-refractivity contribution in [1.82, 2.24) is 0 Å². The molecule has 3 heteroatoms. The fourth-order valence-electron chi connectivity index (χ4n) is 1.01. The second-order valence-electron chi connectivity index (χ2n) is 2.43. The van der Waals surface area contributed by atoms with E-state index < -0.39 is 5.78 Å². The van der Waals surface area contributed by atoms with E-state index in [0.29, 0.717) is 17.1 Å². The molecule has 0 saturated heterocycles. The number of benzene rings is 1. The number of ketones is 1. The molecule has 0 aliphatic heterocycles. The van der Waals surface area contributed by atoms with Crippen LogP contribution < -0.4 is 9.47 Å². The first kappa shape index (κ1) is 9.58. The molecule has 0 atom stereocenters. The summed E-state index contributed by atoms with van der Waals surface area (Å²) in [6, 6.07) is 4.88. The van der Waals surface area contributed by atoms with Gasteiger partial charge in [0.05, 0.1) is 19.8 Å². The third-order valence-corrected chi connectivity index (χ3v) is 1.67. The Morgan fingerprint density at radius 3 is 2.46 bits per heavy atom. The van der Waals surface area contributed by atoms with Crippen LogP contribution in [0.4, 0.5) is 0 Å². The lowest BCUT2D eigenvalue weighted by atomic mass is 10.1. The first-order valence-corrected chi connectivity index (χ1v) is 3.71. The van der Waals surface area contributed by atoms with Crippen LogP contribution in [0.1, 0.15) is 10.4 Å². The normalized spacial score (nSPS) is 9.46. The lowest BCUT2D eigenvalue weighted by Gasteiger charge is -2.07. The van der Waals surface area contributed by atoms with Crippen molar-refractivity contribution in [3.63, 3.8) is 0 Å². The summed E-state index contributed by atoms with van der Waals surface area (Å²) in [5.41, 5.74) is 0.321. The van der Waals surface area contributed by atoms with Gasteiger partial charge in [-0.25, -0.2) is 0 Å². The van der Waals surface area contributed by atoms with Crippen LogP contribution in [0, 0.1) is 6.92 Å². The van der Waals surface area contributed by atoms with Gasteiger partial charge in [-0.15, -0.1) is 0 Å². The molecule has 2 radical (unpaired) electrons. The Morgan fingerprint density at radius 1 is 1.31 bits per heavy atom. The van der Waals surface area contributed by atoms with E-state index >= 15 is 0 Å². The molecule has 0 amide bonds. The van der Waals surface area contributed by atoms with E-state index in [1.165, 1.54) is 14.2 Å². The monoisotopic (exact) mass is 178 g/mol. The van der Waals surface area contributed by atoms with Crippen molar-refractivity contribution in [2.75, 3.05) is 14.2 Å². The molecule has 68 valence electrons. The lowest BCUT2D eigenvalue weighted by Crippen LogP contribution is -1.98. The summed E-state index contributed by atoms with van der Waals surface area (Å²) in [5, 5.41) is 0. The minimum atomic E-state index is -0.532. The van der Waals surface area contributed by atoms with Crippen molar-refractivity contribution in [1.29, 1.82) is 0 Å². The Morgan fingerprint density at radius 2 is 2.00 bits per heavy atom. The Labute approximate surface area is 77.3 Å². The van der Waals surface area contributed by atoms with E-state index in [1.807, 2.05) is 0 Å². The number of ether oxygens (including phenoxy) is 2. The summed E-state index contributed by atoms with van der Waals surface area (Å²) >= 11 is 0. The lowest BCUT2D eigenvalue weighted by molar-refractivity contribution is 0.104. The van der Waals surface area contributed by atoms with Gasteiger partial charge in [0.25, 0.3) is 0 Å². The molecule has 0 spiro atoms. The summed E-state index contributed by atoms with van der Waals surface area (Å²) in [7, 11) is 3.00. The fourth-order valence-corrected chi connectivity index (χ4v) is 1.01. The van der Waals surface area contributed by atoms with E-state index in [2.05, 4.69) is 0 Å². The Bertz CT molecular complexity index is 318. The fraction of sp³-hybridized carbons (Fsp3) is 0.200. The Kier molecular flexibility index (Phi) is 2.90. The topological polar surface area (TPSA) is 35.5 Å². The maximum Gasteiger partial charge on any atom is 0.171 e. The number of hydrogen-bond donors (Lipinski definition) is 0. The maximum absolute atomic E-state index is 10.9. The van der Waals surface area contributed by atoms with Gasteiger partial charge >= 0.3 is 0 Å². The molecule has 0 aromatic heterocycles. The second-order valence-corrected chi connectivity index (χ2v) is 2.43. The summed E-state index contributed by atoms with van der Waals surface area (Å²) < 4.78 is 9.89. The molecule has 0 fully saturated rings. The molecule has 0 N–H and O–H groups in total. The van der Waals surface area contributed by atoms with Crippen molar-refractivity contribution in [2.24, 2.45) is 0 Å². The number of carbonyl (C=O) groups is 1. The maximum atomic E-state index is 10.9. The number of hydrogen-bond acceptors (Lipinski definition) is 3. The van der Waals surface area contributed by atoms with Crippen LogP contribution in [0.3, 0.4) is 0 Å². The molecular weight excluding hydrogens is 168 g/mol. The molecule has 0 aliphatic carbocycles. The van der Waals surface area contributed by atoms with Crippen LogP contribution in [-0.2, 0) is 0 Å². The van der Waals surface area contributed by atoms with Crippen LogP contribution in [0.25, 0.3) is 0 Å². The van der Waals surface area contributed by atoms with E-state index in [4.69, 9.17) is 16.4 Å². The van der Waals surface area contributed by atoms with Crippen LogP contribution in [-0.4, -0.2) is 20.0 Å². The van der Waals surface area contributed by atoms with Gasteiger partial charge in [0.2, 0.25) is 0 Å². The van der Waals surface area contributed by atoms with Crippen LogP contribution in [0.2, 0.25) is 0 Å². The second kappa shape index (κ2) is 3.94. The highest BCUT2D eigenvalue weighted by atomic mass is 16.5. The van der Waals surface area contributed by atoms with Gasteiger partial charge in [-0.05, 0) is 18.2 Å². The van der Waals surface area contributed by atoms with E-state index in [1.54, 1.807) is 18.2 Å². The molecule has 1 aromatic carbocycles. The van der Waals surface area contributed by atoms with Gasteiger partial charge in [0.1, 0.15) is 11.5 Å². The minimum Gasteiger partial charge on any atom is -0.497 e. The first-order valence-electron chi connectivity index (χ1n) is 3.71. The van der Waals surface area contributed by atoms with Gasteiger partial charge < -0.3 is 9.47 Å². The quantitative estimate of drug-likeness (QED) is 0.659. The van der Waals surface area contributed by atoms with Crippen LogP contribution >= 0.6 is 0 Å². The van der Waals surface area contributed by atoms with Gasteiger partial charge in [-0.1, -0.05) is 0 Å². The van der Waals surface area contributed by atoms with Crippen LogP contribution in [0.5, 0.6) is 11.5 Å². The molecule has 1 aromatic rings. The zero-order valence-electron chi connectivity index (χ0n) is 7.53. The summed E-state index contributed by atoms with van der Waals surface area (Å²) in [6.45, 7) is 5.14. The average molecular weight is 178 g/mol. The SMILES string of the molecule is [CH]C(=O)c1cc(OC)ccc1OC. The van der Waals surface area contributed by atoms with Gasteiger partial charge in [-0.3, -0.25) is 4.79 Å². The van der Waals surface area contributed by atoms with Gasteiger partial charge in [0.15, 0.2) is 5.78 Å². The van der Waals surface area contributed by atoms with Crippen molar-refractivity contribution < 1.29 is 14.3 Å². The number of carbonyl (C=O) groups excluding carboxylic acids is 1. The summed E-state index contributed by atoms with van der Waals surface area (Å²) in [6.07, 6.45) is 0. The largest absolute Gasteiger partial charge is 0.497 e. The molecule has 0 aliphatic rings. The highest BCUT2D eigenvalue weighted by molar-refractivity contribution is 6.02. The van der Waals surface area contributed by atoms with Crippen molar-refractivity contribution in [3.05, 3.63) is 30.7 Å². The summed E-state index contributed by atoms with van der Waals surface area (Å²) in [5.74, 6) is 0.499. The Balaban J connectivity index is 3.18. The average Bonchev–Trinajstić information content (AvgIpc) is 2.16. The van der Waals surface area contributed by atoms with Gasteiger partial charge in [0, 0.05) is 6.92 Å². The number of rotatable bonds is 3. The van der Waals surface area contributed by atoms with Crippen molar-refractivity contribution in [2.45, 2.75) is 0 Å². The predicted octanol–water partition coefficient (Wildman–Crippen LogP) is 1.60.